The summed E-state index contributed by atoms with van der Waals surface area (Å²) in [6, 6.07) is 0. The van der Waals surface area contributed by atoms with Crippen molar-refractivity contribution in [2.75, 3.05) is 13.1 Å². The second-order valence-electron chi connectivity index (χ2n) is 4.22. The average molecular weight is 263 g/mol. The van der Waals surface area contributed by atoms with Crippen LogP contribution >= 0.6 is 0 Å². The van der Waals surface area contributed by atoms with Gasteiger partial charge in [-0.2, -0.15) is 5.10 Å². The van der Waals surface area contributed by atoms with Crippen LogP contribution < -0.4 is 11.1 Å². The van der Waals surface area contributed by atoms with E-state index in [0.717, 1.165) is 12.0 Å². The molecule has 0 spiro atoms. The lowest BCUT2D eigenvalue weighted by Gasteiger charge is -2.00. The van der Waals surface area contributed by atoms with Gasteiger partial charge in [-0.3, -0.25) is 9.48 Å². The molecule has 0 bridgehead atoms. The van der Waals surface area contributed by atoms with Crippen molar-refractivity contribution in [2.45, 2.75) is 13.3 Å². The Morgan fingerprint density at radius 3 is 3.00 bits per heavy atom. The van der Waals surface area contributed by atoms with E-state index in [-0.39, 0.29) is 5.91 Å². The highest BCUT2D eigenvalue weighted by atomic mass is 16.4. The molecule has 2 rings (SSSR count). The van der Waals surface area contributed by atoms with E-state index in [9.17, 15) is 4.79 Å². The number of aryl methyl sites for hydroxylation is 2. The Morgan fingerprint density at radius 2 is 2.37 bits per heavy atom. The zero-order valence-corrected chi connectivity index (χ0v) is 11.0. The molecule has 0 fully saturated rings. The molecule has 0 aromatic carbocycles. The molecule has 0 unspecified atom stereocenters. The molecule has 7 heteroatoms. The summed E-state index contributed by atoms with van der Waals surface area (Å²) >= 11 is 0. The fourth-order valence-electron chi connectivity index (χ4n) is 1.65. The third-order valence-electron chi connectivity index (χ3n) is 2.63. The van der Waals surface area contributed by atoms with Crippen LogP contribution in [-0.4, -0.2) is 33.8 Å². The third kappa shape index (κ3) is 3.00. The SMILES string of the molecule is Cc1oc(-c2cnn(C)c2)nc1C(=O)NCCCN. The van der Waals surface area contributed by atoms with Gasteiger partial charge in [0.15, 0.2) is 5.69 Å². The van der Waals surface area contributed by atoms with Crippen molar-refractivity contribution in [3.63, 3.8) is 0 Å². The molecule has 1 amide bonds. The van der Waals surface area contributed by atoms with Crippen molar-refractivity contribution in [1.29, 1.82) is 0 Å². The lowest BCUT2D eigenvalue weighted by molar-refractivity contribution is 0.0947. The molecule has 2 heterocycles. The second kappa shape index (κ2) is 5.66. The molecule has 0 aliphatic heterocycles. The molecule has 0 saturated carbocycles. The van der Waals surface area contributed by atoms with Crippen LogP contribution in [0.2, 0.25) is 0 Å². The van der Waals surface area contributed by atoms with E-state index < -0.39 is 0 Å². The summed E-state index contributed by atoms with van der Waals surface area (Å²) < 4.78 is 7.14. The van der Waals surface area contributed by atoms with E-state index in [0.29, 0.717) is 30.4 Å². The van der Waals surface area contributed by atoms with E-state index in [4.69, 9.17) is 10.2 Å². The normalized spacial score (nSPS) is 10.7. The van der Waals surface area contributed by atoms with Crippen molar-refractivity contribution in [1.82, 2.24) is 20.1 Å². The number of aromatic nitrogens is 3. The minimum absolute atomic E-state index is 0.246. The standard InChI is InChI=1S/C12H17N5O2/c1-8-10(11(18)14-5-3-4-13)16-12(19-8)9-6-15-17(2)7-9/h6-7H,3-5,13H2,1-2H3,(H,14,18). The lowest BCUT2D eigenvalue weighted by Crippen LogP contribution is -2.26. The summed E-state index contributed by atoms with van der Waals surface area (Å²) in [5, 5.41) is 6.79. The molecular weight excluding hydrogens is 246 g/mol. The number of carbonyl (C=O) groups is 1. The maximum absolute atomic E-state index is 11.9. The molecule has 0 aliphatic carbocycles. The van der Waals surface area contributed by atoms with Crippen molar-refractivity contribution >= 4 is 5.91 Å². The summed E-state index contributed by atoms with van der Waals surface area (Å²) in [4.78, 5) is 16.1. The maximum Gasteiger partial charge on any atom is 0.273 e. The summed E-state index contributed by atoms with van der Waals surface area (Å²) in [6.45, 7) is 2.79. The van der Waals surface area contributed by atoms with Crippen molar-refractivity contribution in [3.8, 4) is 11.5 Å². The molecule has 2 aromatic rings. The van der Waals surface area contributed by atoms with Crippen LogP contribution in [0.25, 0.3) is 11.5 Å². The van der Waals surface area contributed by atoms with E-state index in [1.807, 2.05) is 0 Å². The van der Waals surface area contributed by atoms with Crippen LogP contribution in [0, 0.1) is 6.92 Å². The number of nitrogens with one attached hydrogen (secondary N) is 1. The van der Waals surface area contributed by atoms with Gasteiger partial charge in [-0.25, -0.2) is 4.98 Å². The first-order valence-electron chi connectivity index (χ1n) is 6.06. The molecule has 0 atom stereocenters. The number of rotatable bonds is 5. The Labute approximate surface area is 110 Å². The Bertz CT molecular complexity index is 572. The zero-order valence-electron chi connectivity index (χ0n) is 11.0. The molecule has 2 aromatic heterocycles. The fourth-order valence-corrected chi connectivity index (χ4v) is 1.65. The highest BCUT2D eigenvalue weighted by Gasteiger charge is 2.18. The highest BCUT2D eigenvalue weighted by molar-refractivity contribution is 5.93. The van der Waals surface area contributed by atoms with Crippen molar-refractivity contribution < 1.29 is 9.21 Å². The van der Waals surface area contributed by atoms with Gasteiger partial charge in [-0.15, -0.1) is 0 Å². The number of hydrogen-bond donors (Lipinski definition) is 2. The van der Waals surface area contributed by atoms with Gasteiger partial charge in [-0.1, -0.05) is 0 Å². The van der Waals surface area contributed by atoms with Crippen LogP contribution in [0.4, 0.5) is 0 Å². The highest BCUT2D eigenvalue weighted by Crippen LogP contribution is 2.20. The Morgan fingerprint density at radius 1 is 1.58 bits per heavy atom. The number of carbonyl (C=O) groups excluding carboxylic acids is 1. The second-order valence-corrected chi connectivity index (χ2v) is 4.22. The molecule has 102 valence electrons. The monoisotopic (exact) mass is 263 g/mol. The number of nitrogens with zero attached hydrogens (tertiary/aromatic N) is 3. The summed E-state index contributed by atoms with van der Waals surface area (Å²) in [7, 11) is 1.81. The molecule has 19 heavy (non-hydrogen) atoms. The van der Waals surface area contributed by atoms with E-state index in [1.165, 1.54) is 0 Å². The van der Waals surface area contributed by atoms with Gasteiger partial charge in [0.2, 0.25) is 5.89 Å². The maximum atomic E-state index is 11.9. The number of nitrogens with two attached hydrogens (primary N) is 1. The van der Waals surface area contributed by atoms with Crippen LogP contribution in [0.3, 0.4) is 0 Å². The third-order valence-corrected chi connectivity index (χ3v) is 2.63. The summed E-state index contributed by atoms with van der Waals surface area (Å²) in [6.07, 6.45) is 4.15. The van der Waals surface area contributed by atoms with Crippen LogP contribution in [0.15, 0.2) is 16.8 Å². The minimum atomic E-state index is -0.246. The van der Waals surface area contributed by atoms with Crippen molar-refractivity contribution in [2.24, 2.45) is 12.8 Å². The Kier molecular flexibility index (Phi) is 3.96. The first kappa shape index (κ1) is 13.3. The quantitative estimate of drug-likeness (QED) is 0.764. The average Bonchev–Trinajstić information content (AvgIpc) is 2.95. The summed E-state index contributed by atoms with van der Waals surface area (Å²) in [5.41, 5.74) is 6.42. The predicted molar refractivity (Wildman–Crippen MR) is 69.4 cm³/mol. The lowest BCUT2D eigenvalue weighted by atomic mass is 10.3. The van der Waals surface area contributed by atoms with E-state index in [2.05, 4.69) is 15.4 Å². The van der Waals surface area contributed by atoms with Gasteiger partial charge in [0.25, 0.3) is 5.91 Å². The smallest absolute Gasteiger partial charge is 0.273 e. The Balaban J connectivity index is 2.14. The van der Waals surface area contributed by atoms with Gasteiger partial charge in [0.1, 0.15) is 5.76 Å². The number of hydrogen-bond acceptors (Lipinski definition) is 5. The molecule has 0 radical (unpaired) electrons. The van der Waals surface area contributed by atoms with E-state index in [1.54, 1.807) is 31.0 Å². The minimum Gasteiger partial charge on any atom is -0.440 e. The van der Waals surface area contributed by atoms with E-state index >= 15 is 0 Å². The summed E-state index contributed by atoms with van der Waals surface area (Å²) in [5.74, 6) is 0.642. The van der Waals surface area contributed by atoms with Gasteiger partial charge in [0, 0.05) is 19.8 Å². The molecule has 0 saturated heterocycles. The van der Waals surface area contributed by atoms with Gasteiger partial charge < -0.3 is 15.5 Å². The first-order valence-corrected chi connectivity index (χ1v) is 6.06. The van der Waals surface area contributed by atoms with Crippen LogP contribution in [0.1, 0.15) is 22.7 Å². The molecule has 0 aliphatic rings. The van der Waals surface area contributed by atoms with Gasteiger partial charge >= 0.3 is 0 Å². The van der Waals surface area contributed by atoms with Gasteiger partial charge in [0.05, 0.1) is 11.8 Å². The van der Waals surface area contributed by atoms with Gasteiger partial charge in [-0.05, 0) is 19.9 Å². The zero-order chi connectivity index (χ0) is 13.8. The topological polar surface area (TPSA) is 99.0 Å². The molecular formula is C12H17N5O2. The number of oxazole rings is 1. The van der Waals surface area contributed by atoms with Crippen LogP contribution in [-0.2, 0) is 7.05 Å². The number of amides is 1. The molecule has 3 N–H and O–H groups in total. The first-order chi connectivity index (χ1) is 9.11. The predicted octanol–water partition coefficient (Wildman–Crippen LogP) is 0.462. The largest absolute Gasteiger partial charge is 0.440 e. The Hall–Kier alpha value is -2.15. The van der Waals surface area contributed by atoms with Crippen LogP contribution in [0.5, 0.6) is 0 Å². The van der Waals surface area contributed by atoms with Crippen molar-refractivity contribution in [3.05, 3.63) is 23.8 Å². The molecule has 7 nitrogen and oxygen atoms in total. The fraction of sp³-hybridized carbons (Fsp3) is 0.417.